The molecule has 1 aromatic carbocycles. The van der Waals surface area contributed by atoms with Crippen LogP contribution in [0.4, 0.5) is 22.9 Å². The van der Waals surface area contributed by atoms with Gasteiger partial charge in [0.1, 0.15) is 0 Å². The van der Waals surface area contributed by atoms with Gasteiger partial charge >= 0.3 is 0 Å². The Balaban J connectivity index is 0.00000151. The number of rotatable bonds is 5. The van der Waals surface area contributed by atoms with E-state index >= 15 is 0 Å². The highest BCUT2D eigenvalue weighted by molar-refractivity contribution is 5.82. The predicted octanol–water partition coefficient (Wildman–Crippen LogP) is 4.46. The summed E-state index contributed by atoms with van der Waals surface area (Å²) < 4.78 is 0. The van der Waals surface area contributed by atoms with Gasteiger partial charge in [-0.3, -0.25) is 0 Å². The molecule has 0 saturated heterocycles. The molecule has 5 heteroatoms. The van der Waals surface area contributed by atoms with E-state index in [9.17, 15) is 5.11 Å². The van der Waals surface area contributed by atoms with E-state index in [1.54, 1.807) is 0 Å². The van der Waals surface area contributed by atoms with Crippen molar-refractivity contribution in [2.45, 2.75) is 54.5 Å². The fourth-order valence-electron chi connectivity index (χ4n) is 2.70. The summed E-state index contributed by atoms with van der Waals surface area (Å²) >= 11 is 0. The van der Waals surface area contributed by atoms with Crippen LogP contribution in [0.15, 0.2) is 18.2 Å². The van der Waals surface area contributed by atoms with Crippen LogP contribution in [0.5, 0.6) is 0 Å². The van der Waals surface area contributed by atoms with E-state index in [1.807, 2.05) is 33.8 Å². The van der Waals surface area contributed by atoms with Crippen LogP contribution in [0, 0.1) is 27.7 Å². The number of benzene rings is 1. The lowest BCUT2D eigenvalue weighted by Gasteiger charge is -2.19. The fourth-order valence-corrected chi connectivity index (χ4v) is 2.70. The van der Waals surface area contributed by atoms with Gasteiger partial charge in [0.15, 0.2) is 5.82 Å². The van der Waals surface area contributed by atoms with Crippen LogP contribution in [0.2, 0.25) is 0 Å². The molecule has 138 valence electrons. The highest BCUT2D eigenvalue weighted by Crippen LogP contribution is 2.32. The molecule has 0 bridgehead atoms. The Morgan fingerprint density at radius 2 is 1.64 bits per heavy atom. The smallest absolute Gasteiger partial charge is 0.156 e. The van der Waals surface area contributed by atoms with Crippen molar-refractivity contribution in [1.29, 1.82) is 0 Å². The van der Waals surface area contributed by atoms with E-state index < -0.39 is 0 Å². The van der Waals surface area contributed by atoms with Crippen molar-refractivity contribution >= 4 is 22.9 Å². The molecule has 0 aliphatic rings. The number of aryl methyl sites for hydroxylation is 4. The Hall–Kier alpha value is -2.27. The zero-order valence-electron chi connectivity index (χ0n) is 16.5. The van der Waals surface area contributed by atoms with Crippen molar-refractivity contribution in [3.63, 3.8) is 0 Å². The van der Waals surface area contributed by atoms with E-state index in [2.05, 4.69) is 48.5 Å². The number of nitrogens with zero attached hydrogens (tertiary/aromatic N) is 1. The number of nitrogens with two attached hydrogens (primary N) is 1. The second kappa shape index (κ2) is 9.28. The van der Waals surface area contributed by atoms with Crippen LogP contribution in [0.3, 0.4) is 0 Å². The maximum atomic E-state index is 9.22. The van der Waals surface area contributed by atoms with Crippen molar-refractivity contribution in [3.05, 3.63) is 40.6 Å². The molecule has 1 aromatic heterocycles. The normalized spacial score (nSPS) is 11.4. The lowest BCUT2D eigenvalue weighted by Crippen LogP contribution is -2.20. The monoisotopic (exact) mass is 344 g/mol. The number of nitrogens with one attached hydrogen (secondary N) is 2. The third kappa shape index (κ3) is 5.36. The summed E-state index contributed by atoms with van der Waals surface area (Å²) in [5.41, 5.74) is 13.0. The largest absolute Gasteiger partial charge is 0.394 e. The molecule has 2 aromatic rings. The molecule has 25 heavy (non-hydrogen) atoms. The van der Waals surface area contributed by atoms with Gasteiger partial charge in [0, 0.05) is 17.4 Å². The summed E-state index contributed by atoms with van der Waals surface area (Å²) in [5, 5.41) is 15.8. The Morgan fingerprint density at radius 1 is 1.08 bits per heavy atom. The predicted molar refractivity (Wildman–Crippen MR) is 109 cm³/mol. The van der Waals surface area contributed by atoms with E-state index in [0.717, 1.165) is 28.2 Å². The Labute approximate surface area is 151 Å². The van der Waals surface area contributed by atoms with Crippen molar-refractivity contribution in [2.75, 3.05) is 23.0 Å². The zero-order chi connectivity index (χ0) is 19.1. The van der Waals surface area contributed by atoms with Crippen LogP contribution in [-0.4, -0.2) is 22.7 Å². The molecule has 0 fully saturated rings. The van der Waals surface area contributed by atoms with Crippen LogP contribution >= 0.6 is 0 Å². The molecular weight excluding hydrogens is 312 g/mol. The van der Waals surface area contributed by atoms with Gasteiger partial charge in [-0.15, -0.1) is 0 Å². The van der Waals surface area contributed by atoms with Crippen LogP contribution < -0.4 is 16.4 Å². The number of aliphatic hydroxyl groups is 1. The van der Waals surface area contributed by atoms with Gasteiger partial charge in [-0.25, -0.2) is 4.98 Å². The molecule has 1 heterocycles. The van der Waals surface area contributed by atoms with Gasteiger partial charge < -0.3 is 21.5 Å². The molecule has 0 aliphatic heterocycles. The lowest BCUT2D eigenvalue weighted by atomic mass is 10.0. The summed E-state index contributed by atoms with van der Waals surface area (Å²) in [6.45, 7) is 14.1. The molecule has 5 nitrogen and oxygen atoms in total. The van der Waals surface area contributed by atoms with Crippen molar-refractivity contribution in [2.24, 2.45) is 0 Å². The molecule has 0 aliphatic carbocycles. The molecular formula is C20H32N4O. The number of hydrogen-bond donors (Lipinski definition) is 4. The third-order valence-electron chi connectivity index (χ3n) is 3.78. The summed E-state index contributed by atoms with van der Waals surface area (Å²) in [6, 6.07) is 6.08. The Bertz CT molecular complexity index is 690. The minimum absolute atomic E-state index is 0.0414. The number of anilines is 4. The Morgan fingerprint density at radius 3 is 2.16 bits per heavy atom. The van der Waals surface area contributed by atoms with Gasteiger partial charge in [-0.2, -0.15) is 0 Å². The summed E-state index contributed by atoms with van der Waals surface area (Å²) in [6.07, 6.45) is 0. The SMILES string of the molecule is CC.Cc1cc(C)c(Nc2nc(C)cc(NC(C)CO)c2N)c(C)c1. The number of hydrogen-bond acceptors (Lipinski definition) is 5. The second-order valence-corrected chi connectivity index (χ2v) is 6.20. The number of aromatic nitrogens is 1. The van der Waals surface area contributed by atoms with Gasteiger partial charge in [-0.1, -0.05) is 31.5 Å². The highest BCUT2D eigenvalue weighted by atomic mass is 16.3. The van der Waals surface area contributed by atoms with Crippen molar-refractivity contribution < 1.29 is 5.11 Å². The van der Waals surface area contributed by atoms with E-state index in [1.165, 1.54) is 5.56 Å². The molecule has 5 N–H and O–H groups in total. The summed E-state index contributed by atoms with van der Waals surface area (Å²) in [7, 11) is 0. The van der Waals surface area contributed by atoms with Crippen molar-refractivity contribution in [3.8, 4) is 0 Å². The first-order valence-electron chi connectivity index (χ1n) is 8.81. The van der Waals surface area contributed by atoms with E-state index in [-0.39, 0.29) is 12.6 Å². The third-order valence-corrected chi connectivity index (χ3v) is 3.78. The van der Waals surface area contributed by atoms with Crippen LogP contribution in [0.1, 0.15) is 43.2 Å². The molecule has 1 atom stereocenters. The van der Waals surface area contributed by atoms with Gasteiger partial charge in [0.05, 0.1) is 18.0 Å². The minimum Gasteiger partial charge on any atom is -0.394 e. The van der Waals surface area contributed by atoms with E-state index in [0.29, 0.717) is 11.5 Å². The number of aliphatic hydroxyl groups excluding tert-OH is 1. The first-order valence-corrected chi connectivity index (χ1v) is 8.81. The molecule has 0 saturated carbocycles. The van der Waals surface area contributed by atoms with Crippen LogP contribution in [0.25, 0.3) is 0 Å². The van der Waals surface area contributed by atoms with E-state index in [4.69, 9.17) is 5.73 Å². The van der Waals surface area contributed by atoms with Crippen LogP contribution in [-0.2, 0) is 0 Å². The summed E-state index contributed by atoms with van der Waals surface area (Å²) in [4.78, 5) is 4.53. The first kappa shape index (κ1) is 20.8. The molecule has 0 amide bonds. The number of nitrogen functional groups attached to an aromatic ring is 1. The minimum atomic E-state index is -0.0743. The maximum absolute atomic E-state index is 9.22. The molecule has 2 rings (SSSR count). The van der Waals surface area contributed by atoms with Gasteiger partial charge in [-0.05, 0) is 51.8 Å². The quantitative estimate of drug-likeness (QED) is 0.644. The number of pyridine rings is 1. The standard InChI is InChI=1S/C18H26N4O.C2H6/c1-10-6-11(2)17(12(3)7-10)22-18-16(19)15(8-13(4)21-18)20-14(5)9-23;1-2/h6-8,14,23H,9,19H2,1-5H3,(H2,20,21,22);1-2H3. The average Bonchev–Trinajstić information content (AvgIpc) is 2.56. The summed E-state index contributed by atoms with van der Waals surface area (Å²) in [5.74, 6) is 0.632. The zero-order valence-corrected chi connectivity index (χ0v) is 16.5. The van der Waals surface area contributed by atoms with Gasteiger partial charge in [0.2, 0.25) is 0 Å². The average molecular weight is 345 g/mol. The Kier molecular flexibility index (Phi) is 7.71. The van der Waals surface area contributed by atoms with Crippen molar-refractivity contribution in [1.82, 2.24) is 4.98 Å². The highest BCUT2D eigenvalue weighted by Gasteiger charge is 2.13. The topological polar surface area (TPSA) is 83.2 Å². The van der Waals surface area contributed by atoms with Gasteiger partial charge in [0.25, 0.3) is 0 Å². The first-order chi connectivity index (χ1) is 11.8. The maximum Gasteiger partial charge on any atom is 0.156 e. The fraction of sp³-hybridized carbons (Fsp3) is 0.450. The molecule has 0 radical (unpaired) electrons. The lowest BCUT2D eigenvalue weighted by molar-refractivity contribution is 0.281. The second-order valence-electron chi connectivity index (χ2n) is 6.20. The molecule has 1 unspecified atom stereocenters. The molecule has 0 spiro atoms.